The maximum Gasteiger partial charge on any atom is 0.253 e. The van der Waals surface area contributed by atoms with E-state index in [-0.39, 0.29) is 13.4 Å². The zero-order valence-corrected chi connectivity index (χ0v) is 32.4. The molecule has 0 fully saturated rings. The molecule has 0 saturated heterocycles. The van der Waals surface area contributed by atoms with Gasteiger partial charge in [0.15, 0.2) is 0 Å². The summed E-state index contributed by atoms with van der Waals surface area (Å²) in [7, 11) is 0. The van der Waals surface area contributed by atoms with Crippen LogP contribution in [-0.2, 0) is 0 Å². The van der Waals surface area contributed by atoms with E-state index in [4.69, 9.17) is 18.9 Å². The summed E-state index contributed by atoms with van der Waals surface area (Å²) in [5, 5.41) is 4.57. The second-order valence-electron chi connectivity index (χ2n) is 15.1. The summed E-state index contributed by atoms with van der Waals surface area (Å²) in [5.74, 6) is 6.82. The molecule has 0 unspecified atom stereocenters. The Balaban J connectivity index is 0.992. The van der Waals surface area contributed by atoms with Crippen molar-refractivity contribution in [3.63, 3.8) is 0 Å². The number of hydrogen-bond donors (Lipinski definition) is 0. The quantitative estimate of drug-likeness (QED) is 0.166. The molecule has 0 amide bonds. The fourth-order valence-corrected chi connectivity index (χ4v) is 12.0. The standard InChI is InChI=1S/C50H28B2O4S2/c1-3-11-31(12-4-1)53-33-19-21-35-29(23-33)25-43-47-49(35)57-45-28-46-40(27-39(45)51(47)37-15-7-9-17-41(37)55-43)52-38-16-8-10-18-42(38)56-44-26-30-24-34(54-32-13-5-2-6-14-32)20-22-36(30)50(58-46)48(44)52/h1-28H. The van der Waals surface area contributed by atoms with E-state index in [9.17, 15) is 0 Å². The minimum atomic E-state index is 0.0155. The lowest BCUT2D eigenvalue weighted by atomic mass is 9.32. The first-order valence-electron chi connectivity index (χ1n) is 19.4. The minimum absolute atomic E-state index is 0.0155. The van der Waals surface area contributed by atoms with Crippen LogP contribution in [0.3, 0.4) is 0 Å². The van der Waals surface area contributed by atoms with Gasteiger partial charge >= 0.3 is 0 Å². The van der Waals surface area contributed by atoms with Crippen LogP contribution in [0.4, 0.5) is 0 Å². The van der Waals surface area contributed by atoms with Crippen LogP contribution in [0, 0.1) is 0 Å². The van der Waals surface area contributed by atoms with Crippen molar-refractivity contribution in [1.29, 1.82) is 0 Å². The summed E-state index contributed by atoms with van der Waals surface area (Å²) in [5.41, 5.74) is 7.48. The normalized spacial score (nSPS) is 13.6. The molecular formula is C50H28B2O4S2. The lowest BCUT2D eigenvalue weighted by Gasteiger charge is -2.37. The SMILES string of the molecule is c1ccc(Oc2ccc3c4c5c(cc3c2)Oc2ccccc2B5c2cc3c(cc2S4)Sc2c4c(cc5cc(Oc6ccccc6)ccc25)Oc2ccccc2B34)cc1. The monoisotopic (exact) mass is 778 g/mol. The molecule has 0 aliphatic carbocycles. The molecule has 0 radical (unpaired) electrons. The molecule has 0 bridgehead atoms. The van der Waals surface area contributed by atoms with Crippen LogP contribution in [0.15, 0.2) is 189 Å². The molecule has 0 spiro atoms. The first-order chi connectivity index (χ1) is 28.7. The Kier molecular flexibility index (Phi) is 7.03. The molecule has 0 atom stereocenters. The number of ether oxygens (including phenoxy) is 4. The van der Waals surface area contributed by atoms with Gasteiger partial charge in [-0.2, -0.15) is 0 Å². The minimum Gasteiger partial charge on any atom is -0.458 e. The third-order valence-electron chi connectivity index (χ3n) is 11.8. The average Bonchev–Trinajstić information content (AvgIpc) is 3.26. The van der Waals surface area contributed by atoms with Crippen LogP contribution in [-0.4, -0.2) is 13.4 Å². The van der Waals surface area contributed by atoms with Crippen molar-refractivity contribution < 1.29 is 18.9 Å². The van der Waals surface area contributed by atoms with Crippen molar-refractivity contribution in [1.82, 2.24) is 0 Å². The van der Waals surface area contributed by atoms with Crippen molar-refractivity contribution in [2.75, 3.05) is 0 Å². The highest BCUT2D eigenvalue weighted by atomic mass is 32.2. The second kappa shape index (κ2) is 12.5. The van der Waals surface area contributed by atoms with Gasteiger partial charge in [-0.05, 0) is 134 Å². The molecule has 4 aliphatic rings. The Bertz CT molecular complexity index is 3000. The molecule has 9 aromatic carbocycles. The number of para-hydroxylation sites is 4. The summed E-state index contributed by atoms with van der Waals surface area (Å²) in [4.78, 5) is 5.02. The second-order valence-corrected chi connectivity index (χ2v) is 17.2. The highest BCUT2D eigenvalue weighted by Gasteiger charge is 2.44. The summed E-state index contributed by atoms with van der Waals surface area (Å²) in [6, 6.07) is 59.2. The van der Waals surface area contributed by atoms with E-state index in [1.807, 2.05) is 84.2 Å². The van der Waals surface area contributed by atoms with Crippen LogP contribution in [0.2, 0.25) is 0 Å². The highest BCUT2D eigenvalue weighted by Crippen LogP contribution is 2.46. The molecule has 0 saturated carbocycles. The average molecular weight is 779 g/mol. The molecule has 8 heteroatoms. The molecule has 13 rings (SSSR count). The van der Waals surface area contributed by atoms with Gasteiger partial charge in [0.1, 0.15) is 46.0 Å². The van der Waals surface area contributed by atoms with E-state index in [1.54, 1.807) is 0 Å². The van der Waals surface area contributed by atoms with Gasteiger partial charge in [0.2, 0.25) is 0 Å². The maximum absolute atomic E-state index is 6.78. The summed E-state index contributed by atoms with van der Waals surface area (Å²) < 4.78 is 26.2. The zero-order valence-electron chi connectivity index (χ0n) is 30.8. The molecule has 4 heterocycles. The van der Waals surface area contributed by atoms with Gasteiger partial charge in [0.25, 0.3) is 13.4 Å². The van der Waals surface area contributed by atoms with E-state index in [0.29, 0.717) is 0 Å². The summed E-state index contributed by atoms with van der Waals surface area (Å²) in [6.07, 6.45) is 0. The maximum atomic E-state index is 6.78. The smallest absolute Gasteiger partial charge is 0.253 e. The Morgan fingerprint density at radius 1 is 0.362 bits per heavy atom. The molecule has 58 heavy (non-hydrogen) atoms. The third kappa shape index (κ3) is 4.95. The molecule has 9 aromatic rings. The fourth-order valence-electron chi connectivity index (χ4n) is 9.26. The van der Waals surface area contributed by atoms with Gasteiger partial charge in [-0.15, -0.1) is 0 Å². The van der Waals surface area contributed by atoms with E-state index in [2.05, 4.69) is 109 Å². The fraction of sp³-hybridized carbons (Fsp3) is 0. The van der Waals surface area contributed by atoms with Crippen LogP contribution < -0.4 is 51.7 Å². The zero-order chi connectivity index (χ0) is 37.9. The first-order valence-corrected chi connectivity index (χ1v) is 21.1. The van der Waals surface area contributed by atoms with Crippen molar-refractivity contribution in [2.24, 2.45) is 0 Å². The van der Waals surface area contributed by atoms with Crippen molar-refractivity contribution in [3.8, 4) is 46.0 Å². The van der Waals surface area contributed by atoms with Crippen molar-refractivity contribution in [2.45, 2.75) is 19.6 Å². The molecular weight excluding hydrogens is 750 g/mol. The van der Waals surface area contributed by atoms with Crippen LogP contribution >= 0.6 is 23.5 Å². The highest BCUT2D eigenvalue weighted by molar-refractivity contribution is 8.01. The topological polar surface area (TPSA) is 36.9 Å². The first kappa shape index (κ1) is 32.6. The van der Waals surface area contributed by atoms with Gasteiger partial charge < -0.3 is 18.9 Å². The number of fused-ring (bicyclic) bond motifs is 12. The van der Waals surface area contributed by atoms with Crippen LogP contribution in [0.1, 0.15) is 0 Å². The molecule has 0 aromatic heterocycles. The van der Waals surface area contributed by atoms with Gasteiger partial charge in [-0.25, -0.2) is 0 Å². The van der Waals surface area contributed by atoms with Gasteiger partial charge in [0.05, 0.1) is 0 Å². The molecule has 270 valence electrons. The predicted octanol–water partition coefficient (Wildman–Crippen LogP) is 9.75. The van der Waals surface area contributed by atoms with E-state index in [0.717, 1.165) is 56.8 Å². The third-order valence-corrected chi connectivity index (χ3v) is 14.2. The van der Waals surface area contributed by atoms with Crippen molar-refractivity contribution >= 4 is 91.3 Å². The van der Waals surface area contributed by atoms with Gasteiger partial charge in [-0.3, -0.25) is 0 Å². The Morgan fingerprint density at radius 3 is 1.29 bits per heavy atom. The molecule has 4 nitrogen and oxygen atoms in total. The number of benzene rings is 9. The Hall–Kier alpha value is -6.47. The van der Waals surface area contributed by atoms with E-state index < -0.39 is 0 Å². The summed E-state index contributed by atoms with van der Waals surface area (Å²) in [6.45, 7) is 0.0310. The lowest BCUT2D eigenvalue weighted by molar-refractivity contribution is 0.482. The lowest BCUT2D eigenvalue weighted by Crippen LogP contribution is -2.62. The van der Waals surface area contributed by atoms with E-state index in [1.165, 1.54) is 63.1 Å². The molecule has 4 aliphatic heterocycles. The Labute approximate surface area is 343 Å². The number of rotatable bonds is 4. The predicted molar refractivity (Wildman–Crippen MR) is 238 cm³/mol. The number of hydrogen-bond acceptors (Lipinski definition) is 6. The van der Waals surface area contributed by atoms with Crippen LogP contribution in [0.25, 0.3) is 21.5 Å². The van der Waals surface area contributed by atoms with Gasteiger partial charge in [-0.1, -0.05) is 113 Å². The van der Waals surface area contributed by atoms with Crippen molar-refractivity contribution in [3.05, 3.63) is 170 Å². The Morgan fingerprint density at radius 2 is 0.810 bits per heavy atom. The largest absolute Gasteiger partial charge is 0.458 e. The summed E-state index contributed by atoms with van der Waals surface area (Å²) >= 11 is 3.72. The van der Waals surface area contributed by atoms with Gasteiger partial charge in [0, 0.05) is 19.6 Å². The van der Waals surface area contributed by atoms with Crippen LogP contribution in [0.5, 0.6) is 46.0 Å². The van der Waals surface area contributed by atoms with E-state index >= 15 is 0 Å². The molecule has 0 N–H and O–H groups in total.